The number of carbonyl (C=O) groups excluding carboxylic acids is 5. The second-order valence-corrected chi connectivity index (χ2v) is 9.89. The summed E-state index contributed by atoms with van der Waals surface area (Å²) in [5.41, 5.74) is 0.433. The van der Waals surface area contributed by atoms with Gasteiger partial charge in [0.05, 0.1) is 18.7 Å². The number of aromatic nitrogens is 1. The van der Waals surface area contributed by atoms with E-state index in [1.54, 1.807) is 31.2 Å². The molecule has 2 rings (SSSR count). The maximum Gasteiger partial charge on any atom is 0.333 e. The van der Waals surface area contributed by atoms with Crippen LogP contribution in [0.25, 0.3) is 0 Å². The lowest BCUT2D eigenvalue weighted by Gasteiger charge is -2.20. The smallest absolute Gasteiger partial charge is 0.333 e. The molecule has 2 heterocycles. The van der Waals surface area contributed by atoms with Crippen LogP contribution in [-0.2, 0) is 30.5 Å². The molecule has 10 nitrogen and oxygen atoms in total. The molecule has 0 spiro atoms. The van der Waals surface area contributed by atoms with E-state index >= 15 is 0 Å². The van der Waals surface area contributed by atoms with Gasteiger partial charge in [-0.2, -0.15) is 0 Å². The summed E-state index contributed by atoms with van der Waals surface area (Å²) in [6, 6.07) is 2.09. The van der Waals surface area contributed by atoms with Crippen LogP contribution in [-0.4, -0.2) is 57.9 Å². The molecule has 37 heavy (non-hydrogen) atoms. The zero-order chi connectivity index (χ0) is 27.4. The van der Waals surface area contributed by atoms with Gasteiger partial charge in [0, 0.05) is 17.6 Å². The molecule has 1 aliphatic heterocycles. The third-order valence-corrected chi connectivity index (χ3v) is 6.49. The van der Waals surface area contributed by atoms with Gasteiger partial charge in [-0.1, -0.05) is 30.0 Å². The average molecular weight is 547 g/mol. The molecular weight excluding hydrogens is 516 g/mol. The second-order valence-electron chi connectivity index (χ2n) is 7.74. The predicted octanol–water partition coefficient (Wildman–Crippen LogP) is 2.27. The summed E-state index contributed by atoms with van der Waals surface area (Å²) >= 11 is 2.56. The number of ether oxygens (including phenoxy) is 1. The van der Waals surface area contributed by atoms with Crippen molar-refractivity contribution in [3.05, 3.63) is 60.1 Å². The van der Waals surface area contributed by atoms with Gasteiger partial charge in [-0.25, -0.2) is 9.78 Å². The first-order valence-corrected chi connectivity index (χ1v) is 13.6. The minimum atomic E-state index is -1.23. The van der Waals surface area contributed by atoms with Crippen molar-refractivity contribution in [2.45, 2.75) is 50.3 Å². The molecule has 0 aliphatic carbocycles. The molecule has 198 valence electrons. The summed E-state index contributed by atoms with van der Waals surface area (Å²) in [6.07, 6.45) is 7.14. The maximum absolute atomic E-state index is 12.8. The Labute approximate surface area is 224 Å². The van der Waals surface area contributed by atoms with E-state index in [0.29, 0.717) is 17.9 Å². The van der Waals surface area contributed by atoms with Crippen LogP contribution in [0.4, 0.5) is 0 Å². The molecule has 0 aromatic carbocycles. The summed E-state index contributed by atoms with van der Waals surface area (Å²) < 4.78 is 5.50. The normalized spacial score (nSPS) is 20.7. The molecule has 0 saturated carbocycles. The second kappa shape index (κ2) is 15.0. The summed E-state index contributed by atoms with van der Waals surface area (Å²) in [7, 11) is 0. The third-order valence-electron chi connectivity index (χ3n) is 4.94. The van der Waals surface area contributed by atoms with Gasteiger partial charge in [-0.05, 0) is 37.8 Å². The van der Waals surface area contributed by atoms with Crippen LogP contribution in [0.5, 0.6) is 0 Å². The van der Waals surface area contributed by atoms with Gasteiger partial charge in [0.2, 0.25) is 5.91 Å². The number of amides is 3. The third kappa shape index (κ3) is 9.89. The quantitative estimate of drug-likeness (QED) is 0.161. The van der Waals surface area contributed by atoms with Crippen molar-refractivity contribution in [1.29, 1.82) is 0 Å². The number of hydrogen-bond donors (Lipinski definition) is 3. The van der Waals surface area contributed by atoms with Crippen LogP contribution in [0.3, 0.4) is 0 Å². The fourth-order valence-corrected chi connectivity index (χ4v) is 4.12. The molecule has 0 saturated heterocycles. The van der Waals surface area contributed by atoms with Crippen molar-refractivity contribution in [1.82, 2.24) is 20.9 Å². The zero-order valence-corrected chi connectivity index (χ0v) is 22.5. The Balaban J connectivity index is 2.36. The highest BCUT2D eigenvalue weighted by Gasteiger charge is 2.26. The Morgan fingerprint density at radius 1 is 1.24 bits per heavy atom. The van der Waals surface area contributed by atoms with E-state index in [1.165, 1.54) is 30.8 Å². The summed E-state index contributed by atoms with van der Waals surface area (Å²) in [5, 5.41) is 7.70. The van der Waals surface area contributed by atoms with Crippen molar-refractivity contribution in [2.75, 3.05) is 12.0 Å². The Bertz CT molecular complexity index is 1120. The van der Waals surface area contributed by atoms with Crippen molar-refractivity contribution in [3.8, 4) is 0 Å². The number of hydrogen-bond acceptors (Lipinski definition) is 9. The Morgan fingerprint density at radius 3 is 2.65 bits per heavy atom. The number of rotatable bonds is 6. The molecule has 2 atom stereocenters. The van der Waals surface area contributed by atoms with Crippen molar-refractivity contribution < 1.29 is 28.7 Å². The van der Waals surface area contributed by atoms with Crippen LogP contribution in [0.2, 0.25) is 0 Å². The van der Waals surface area contributed by atoms with Crippen LogP contribution in [0.15, 0.2) is 53.6 Å². The first-order chi connectivity index (χ1) is 17.7. The predicted molar refractivity (Wildman–Crippen MR) is 143 cm³/mol. The molecule has 0 radical (unpaired) electrons. The highest BCUT2D eigenvalue weighted by Crippen LogP contribution is 2.18. The standard InChI is InChI=1S/C25H30N4O6S2/c1-5-19-23(32)29-20(6-2)25(34)35-17(9-7-8-10-37-15(3)30)12-22(31)26-14-16-11-18(36-4)13-21(27-16)24(33)28-19/h5-7,9,11,13,17,20H,2,8,10,12,14H2,1,3-4H3,(H,26,31)(H,28,33)(H,29,32)/b9-7+,19-5-/t17-,20+/m1/s1. The molecule has 3 N–H and O–H groups in total. The number of nitrogens with one attached hydrogen (secondary N) is 3. The SMILES string of the molecule is C=C[C@@H]1NC(=O)/C(=C/C)NC(=O)c2cc(SC)cc(n2)CNC(=O)C[C@@H](/C=C/CCSC(C)=O)OC1=O. The average Bonchev–Trinajstić information content (AvgIpc) is 2.87. The zero-order valence-electron chi connectivity index (χ0n) is 20.9. The lowest BCUT2D eigenvalue weighted by Crippen LogP contribution is -2.45. The van der Waals surface area contributed by atoms with Crippen molar-refractivity contribution >= 4 is 52.3 Å². The van der Waals surface area contributed by atoms with Gasteiger partial charge in [-0.15, -0.1) is 18.3 Å². The van der Waals surface area contributed by atoms with Crippen LogP contribution >= 0.6 is 23.5 Å². The number of cyclic esters (lactones) is 1. The first-order valence-electron chi connectivity index (χ1n) is 11.4. The van der Waals surface area contributed by atoms with Crippen molar-refractivity contribution in [3.63, 3.8) is 0 Å². The molecular formula is C25H30N4O6S2. The molecule has 12 heteroatoms. The summed E-state index contributed by atoms with van der Waals surface area (Å²) in [4.78, 5) is 67.3. The lowest BCUT2D eigenvalue weighted by molar-refractivity contribution is -0.150. The molecule has 0 unspecified atom stereocenters. The van der Waals surface area contributed by atoms with E-state index in [4.69, 9.17) is 4.74 Å². The molecule has 1 aromatic rings. The van der Waals surface area contributed by atoms with Crippen LogP contribution < -0.4 is 16.0 Å². The topological polar surface area (TPSA) is 144 Å². The summed E-state index contributed by atoms with van der Waals surface area (Å²) in [6.45, 7) is 6.66. The summed E-state index contributed by atoms with van der Waals surface area (Å²) in [5.74, 6) is -2.04. The minimum Gasteiger partial charge on any atom is -0.456 e. The Morgan fingerprint density at radius 2 is 2.00 bits per heavy atom. The molecule has 1 aliphatic rings. The van der Waals surface area contributed by atoms with Gasteiger partial charge in [0.1, 0.15) is 23.5 Å². The number of thioether (sulfide) groups is 2. The molecule has 3 amide bonds. The van der Waals surface area contributed by atoms with Gasteiger partial charge in [0.25, 0.3) is 11.8 Å². The van der Waals surface area contributed by atoms with E-state index in [9.17, 15) is 24.0 Å². The number of esters is 1. The number of allylic oxidation sites excluding steroid dienone is 2. The highest BCUT2D eigenvalue weighted by atomic mass is 32.2. The van der Waals surface area contributed by atoms with E-state index in [1.807, 2.05) is 6.26 Å². The molecule has 0 fully saturated rings. The largest absolute Gasteiger partial charge is 0.456 e. The van der Waals surface area contributed by atoms with E-state index in [0.717, 1.165) is 16.7 Å². The lowest BCUT2D eigenvalue weighted by atomic mass is 10.2. The minimum absolute atomic E-state index is 0.00697. The van der Waals surface area contributed by atoms with Gasteiger partial charge in [0.15, 0.2) is 5.12 Å². The number of carbonyl (C=O) groups is 5. The van der Waals surface area contributed by atoms with Gasteiger partial charge < -0.3 is 20.7 Å². The fourth-order valence-electron chi connectivity index (χ4n) is 3.10. The molecule has 2 bridgehead atoms. The van der Waals surface area contributed by atoms with Crippen LogP contribution in [0, 0.1) is 0 Å². The van der Waals surface area contributed by atoms with Crippen LogP contribution in [0.1, 0.15) is 42.9 Å². The number of fused-ring (bicyclic) bond motifs is 2. The van der Waals surface area contributed by atoms with E-state index in [-0.39, 0.29) is 29.5 Å². The first kappa shape index (κ1) is 29.8. The Kier molecular flexibility index (Phi) is 12.1. The van der Waals surface area contributed by atoms with Crippen molar-refractivity contribution in [2.24, 2.45) is 0 Å². The van der Waals surface area contributed by atoms with E-state index in [2.05, 4.69) is 27.5 Å². The highest BCUT2D eigenvalue weighted by molar-refractivity contribution is 8.13. The number of nitrogens with zero attached hydrogens (tertiary/aromatic N) is 1. The van der Waals surface area contributed by atoms with Gasteiger partial charge in [-0.3, -0.25) is 19.2 Å². The Hall–Kier alpha value is -3.38. The fraction of sp³-hybridized carbons (Fsp3) is 0.360. The maximum atomic E-state index is 12.8. The van der Waals surface area contributed by atoms with Gasteiger partial charge >= 0.3 is 5.97 Å². The number of pyridine rings is 1. The van der Waals surface area contributed by atoms with E-state index < -0.39 is 35.8 Å². The molecule has 1 aromatic heterocycles. The monoisotopic (exact) mass is 546 g/mol.